The van der Waals surface area contributed by atoms with E-state index in [0.717, 1.165) is 6.92 Å². The predicted molar refractivity (Wildman–Crippen MR) is 376 cm³/mol. The standard InChI is InChI=1S/C68H110N16O19/c1-14-36(6)47(81-55(91)40(26-21-27-73-65(71)72)75-56(92)41(28-34(2)3)76-60(96)46(69)52(88)35(4)5)62(98)82-48(37(7)86)61(97)74-31-45(87)80-51(53(89)54(70)90)63(99)78-44(32-85)59(95)83-49(39-24-19-16-20-25-39)50(64(100)101)84-58(94)42(29-67(8,9)10)77-57(93)43(30-68(11,12)13)79-66(102)103-33-38-22-17-15-18-23-38/h15-20,22-25,34-37,40-44,46-53,85-86,88-89H,14,21,26-33,69H2,1-13H3,(H2,70,90)(H,74,97)(H,75,92)(H,76,96)(H,77,93)(H,78,99)(H,79,102)(H,80,87)(H,81,91)(H,82,98)(H,83,95)(H,84,94)(H,100,101)(H4,71,72,73)/t36-,37-,40+,41-,42-,43+,44-,46-,47?,48-,49+,50-,51-,52+,53-/m0/s1. The van der Waals surface area contributed by atoms with Gasteiger partial charge in [0.25, 0.3) is 0 Å². The van der Waals surface area contributed by atoms with Gasteiger partial charge in [0.1, 0.15) is 61.0 Å². The fourth-order valence-corrected chi connectivity index (χ4v) is 10.3. The maximum atomic E-state index is 14.5. The molecule has 0 bridgehead atoms. The second kappa shape index (κ2) is 42.7. The Morgan fingerprint density at radius 3 is 1.52 bits per heavy atom. The van der Waals surface area contributed by atoms with Gasteiger partial charge in [-0.2, -0.15) is 0 Å². The molecule has 0 aliphatic heterocycles. The highest BCUT2D eigenvalue weighted by Crippen LogP contribution is 2.25. The largest absolute Gasteiger partial charge is 0.480 e. The van der Waals surface area contributed by atoms with Gasteiger partial charge in [-0.3, -0.25) is 58.1 Å². The minimum Gasteiger partial charge on any atom is -0.480 e. The minimum absolute atomic E-state index is 0.0456. The van der Waals surface area contributed by atoms with Gasteiger partial charge in [0.15, 0.2) is 18.1 Å². The molecule has 0 radical (unpaired) electrons. The first-order chi connectivity index (χ1) is 47.9. The summed E-state index contributed by atoms with van der Waals surface area (Å²) in [5.41, 5.74) is 16.2. The number of carbonyl (C=O) groups excluding carboxylic acids is 12. The van der Waals surface area contributed by atoms with Crippen molar-refractivity contribution in [2.45, 2.75) is 220 Å². The molecule has 103 heavy (non-hydrogen) atoms. The molecule has 0 saturated heterocycles. The van der Waals surface area contributed by atoms with Gasteiger partial charge in [0.2, 0.25) is 65.0 Å². The summed E-state index contributed by atoms with van der Waals surface area (Å²) in [6, 6.07) is -2.59. The Morgan fingerprint density at radius 1 is 0.544 bits per heavy atom. The van der Waals surface area contributed by atoms with Crippen LogP contribution >= 0.6 is 0 Å². The van der Waals surface area contributed by atoms with Gasteiger partial charge in [-0.1, -0.05) is 150 Å². The number of benzene rings is 2. The van der Waals surface area contributed by atoms with Crippen molar-refractivity contribution < 1.29 is 92.6 Å². The van der Waals surface area contributed by atoms with Crippen LogP contribution in [-0.2, 0) is 68.9 Å². The maximum absolute atomic E-state index is 14.5. The number of alkyl carbamates (subject to hydrolysis) is 1. The van der Waals surface area contributed by atoms with Crippen LogP contribution in [0.15, 0.2) is 60.7 Å². The lowest BCUT2D eigenvalue weighted by molar-refractivity contribution is -0.144. The summed E-state index contributed by atoms with van der Waals surface area (Å²) in [6.45, 7) is 19.3. The van der Waals surface area contributed by atoms with Crippen LogP contribution in [0, 0.1) is 34.0 Å². The molecule has 2 aromatic carbocycles. The lowest BCUT2D eigenvalue weighted by Crippen LogP contribution is -2.63. The normalized spacial score (nSPS) is 15.9. The Kier molecular flexibility index (Phi) is 37.1. The molecule has 24 N–H and O–H groups in total. The quantitative estimate of drug-likeness (QED) is 0.0179. The van der Waals surface area contributed by atoms with Crippen molar-refractivity contribution in [2.75, 3.05) is 19.7 Å². The number of guanidine groups is 1. The van der Waals surface area contributed by atoms with E-state index in [0.29, 0.717) is 5.56 Å². The summed E-state index contributed by atoms with van der Waals surface area (Å²) in [5.74, 6) is -16.0. The lowest BCUT2D eigenvalue weighted by Gasteiger charge is -2.32. The number of carbonyl (C=O) groups is 13. The van der Waals surface area contributed by atoms with Gasteiger partial charge in [0, 0.05) is 6.54 Å². The van der Waals surface area contributed by atoms with Crippen molar-refractivity contribution in [1.29, 1.82) is 5.41 Å². The summed E-state index contributed by atoms with van der Waals surface area (Å²) in [7, 11) is 0. The molecule has 2 aromatic rings. The molecular weight excluding hydrogens is 1340 g/mol. The van der Waals surface area contributed by atoms with Crippen molar-refractivity contribution in [3.8, 4) is 0 Å². The number of nitrogens with two attached hydrogens (primary N) is 3. The first-order valence-corrected chi connectivity index (χ1v) is 33.9. The van der Waals surface area contributed by atoms with E-state index in [2.05, 4.69) is 53.2 Å². The van der Waals surface area contributed by atoms with Crippen LogP contribution < -0.4 is 81.0 Å². The van der Waals surface area contributed by atoms with Crippen LogP contribution in [-0.4, -0.2) is 207 Å². The predicted octanol–water partition coefficient (Wildman–Crippen LogP) is -2.99. The van der Waals surface area contributed by atoms with E-state index >= 15 is 0 Å². The molecule has 0 aromatic heterocycles. The molecule has 35 heteroatoms. The minimum atomic E-state index is -2.58. The number of rotatable bonds is 42. The number of carboxylic acid groups (broad SMARTS) is 1. The second-order valence-corrected chi connectivity index (χ2v) is 28.5. The van der Waals surface area contributed by atoms with Gasteiger partial charge in [0.05, 0.1) is 31.4 Å². The highest BCUT2D eigenvalue weighted by molar-refractivity contribution is 6.00. The van der Waals surface area contributed by atoms with Gasteiger partial charge >= 0.3 is 12.1 Å². The lowest BCUT2D eigenvalue weighted by atomic mass is 9.86. The van der Waals surface area contributed by atoms with Crippen molar-refractivity contribution >= 4 is 83.0 Å². The number of ether oxygens (including phenoxy) is 1. The van der Waals surface area contributed by atoms with E-state index in [9.17, 15) is 87.9 Å². The number of carboxylic acids is 1. The molecule has 0 heterocycles. The molecule has 15 atom stereocenters. The Morgan fingerprint density at radius 2 is 1.02 bits per heavy atom. The zero-order valence-corrected chi connectivity index (χ0v) is 60.8. The fourth-order valence-electron chi connectivity index (χ4n) is 10.3. The van der Waals surface area contributed by atoms with Crippen LogP contribution in [0.25, 0.3) is 0 Å². The van der Waals surface area contributed by atoms with Crippen LogP contribution in [0.1, 0.15) is 146 Å². The third-order valence-corrected chi connectivity index (χ3v) is 16.1. The second-order valence-electron chi connectivity index (χ2n) is 28.5. The van der Waals surface area contributed by atoms with E-state index in [-0.39, 0.29) is 69.1 Å². The van der Waals surface area contributed by atoms with Crippen molar-refractivity contribution in [3.05, 3.63) is 71.8 Å². The van der Waals surface area contributed by atoms with Crippen molar-refractivity contribution in [3.63, 3.8) is 0 Å². The van der Waals surface area contributed by atoms with Crippen molar-refractivity contribution in [2.24, 2.45) is 45.8 Å². The molecule has 0 aliphatic carbocycles. The summed E-state index contributed by atoms with van der Waals surface area (Å²) >= 11 is 0. The van der Waals surface area contributed by atoms with Crippen LogP contribution in [0.3, 0.4) is 0 Å². The van der Waals surface area contributed by atoms with E-state index in [1.54, 1.807) is 98.7 Å². The summed E-state index contributed by atoms with van der Waals surface area (Å²) in [5, 5.41) is 89.9. The molecule has 0 fully saturated rings. The molecule has 576 valence electrons. The summed E-state index contributed by atoms with van der Waals surface area (Å²) in [4.78, 5) is 178. The molecule has 2 rings (SSSR count). The highest BCUT2D eigenvalue weighted by atomic mass is 16.5. The van der Waals surface area contributed by atoms with Gasteiger partial charge < -0.3 is 111 Å². The Labute approximate surface area is 599 Å². The number of hydrogen-bond acceptors (Lipinski definition) is 20. The third kappa shape index (κ3) is 32.1. The van der Waals surface area contributed by atoms with Crippen molar-refractivity contribution in [1.82, 2.24) is 63.8 Å². The smallest absolute Gasteiger partial charge is 0.408 e. The monoisotopic (exact) mass is 1450 g/mol. The maximum Gasteiger partial charge on any atom is 0.408 e. The number of aliphatic hydroxyl groups excluding tert-OH is 4. The Balaban J connectivity index is 2.41. The third-order valence-electron chi connectivity index (χ3n) is 16.1. The molecule has 12 amide bonds. The molecule has 0 aliphatic rings. The molecular formula is C68H110N16O19. The number of nitrogens with one attached hydrogen (secondary N) is 13. The van der Waals surface area contributed by atoms with Crippen LogP contribution in [0.4, 0.5) is 4.79 Å². The molecule has 0 saturated carbocycles. The highest BCUT2D eigenvalue weighted by Gasteiger charge is 2.42. The van der Waals surface area contributed by atoms with E-state index in [1.807, 2.05) is 31.4 Å². The number of aliphatic hydroxyl groups is 4. The first-order valence-electron chi connectivity index (χ1n) is 33.9. The van der Waals surface area contributed by atoms with E-state index in [4.69, 9.17) is 27.3 Å². The average Bonchev–Trinajstić information content (AvgIpc) is 0.825. The average molecular weight is 1460 g/mol. The zero-order valence-electron chi connectivity index (χ0n) is 60.8. The Bertz CT molecular complexity index is 3190. The fraction of sp³-hybridized carbons (Fsp3) is 0.618. The van der Waals surface area contributed by atoms with E-state index in [1.165, 1.54) is 24.3 Å². The van der Waals surface area contributed by atoms with Gasteiger partial charge in [-0.25, -0.2) is 9.59 Å². The summed E-state index contributed by atoms with van der Waals surface area (Å²) < 4.78 is 5.37. The Hall–Kier alpha value is -9.58. The first kappa shape index (κ1) is 89.5. The van der Waals surface area contributed by atoms with Crippen LogP contribution in [0.5, 0.6) is 0 Å². The van der Waals surface area contributed by atoms with Gasteiger partial charge in [-0.15, -0.1) is 0 Å². The van der Waals surface area contributed by atoms with Crippen LogP contribution in [0.2, 0.25) is 0 Å². The number of primary amides is 1. The number of aliphatic carboxylic acids is 1. The molecule has 0 spiro atoms. The summed E-state index contributed by atoms with van der Waals surface area (Å²) in [6.07, 6.45) is -6.27. The molecule has 35 nitrogen and oxygen atoms in total. The topological polar surface area (TPSA) is 579 Å². The SMILES string of the molecule is CC[C@H](C)C(NC(=O)[C@@H](CCCNC(=N)N)NC(=O)[C@H](CC(C)C)NC(=O)[C@@H](N)[C@H](O)C(C)C)C(=O)N[C@H](C(=O)NCC(=O)N[C@H](C(=O)N[C@@H](CO)C(=O)N[C@H](c1ccccc1)[C@H](NC(=O)[C@H](CC(C)(C)C)NC(=O)[C@@H](CC(C)(C)C)NC(=O)OCc1ccccc1)C(=O)O)[C@H](O)C(N)=O)[C@H](C)O. The number of hydrogen-bond donors (Lipinski definition) is 21. The number of amides is 12. The molecule has 1 unspecified atom stereocenters. The zero-order chi connectivity index (χ0) is 78.4. The van der Waals surface area contributed by atoms with E-state index < -0.39 is 198 Å². The van der Waals surface area contributed by atoms with Gasteiger partial charge in [-0.05, 0) is 78.7 Å².